The topological polar surface area (TPSA) is 80.9 Å². The summed E-state index contributed by atoms with van der Waals surface area (Å²) in [6, 6.07) is 8.59. The quantitative estimate of drug-likeness (QED) is 0.613. The zero-order valence-electron chi connectivity index (χ0n) is 16.4. The van der Waals surface area contributed by atoms with Gasteiger partial charge >= 0.3 is 0 Å². The molecular weight excluding hydrogens is 386 g/mol. The molecule has 2 heterocycles. The van der Waals surface area contributed by atoms with Gasteiger partial charge in [0.05, 0.1) is 17.6 Å². The molecule has 0 unspecified atom stereocenters. The number of carbonyl (C=O) groups is 1. The predicted octanol–water partition coefficient (Wildman–Crippen LogP) is 5.30. The van der Waals surface area contributed by atoms with Crippen LogP contribution in [0.4, 0.5) is 20.2 Å². The SMILES string of the molecule is Nc1cc(F)c(-c2ccccc2F)nc1C(=O)Nc1cnccc1C1CCCCC1. The van der Waals surface area contributed by atoms with Gasteiger partial charge in [0.1, 0.15) is 11.5 Å². The number of pyridine rings is 2. The van der Waals surface area contributed by atoms with Crippen molar-refractivity contribution in [3.8, 4) is 11.3 Å². The summed E-state index contributed by atoms with van der Waals surface area (Å²) in [7, 11) is 0. The van der Waals surface area contributed by atoms with E-state index in [9.17, 15) is 13.6 Å². The van der Waals surface area contributed by atoms with Crippen LogP contribution in [-0.4, -0.2) is 15.9 Å². The Morgan fingerprint density at radius 1 is 1.07 bits per heavy atom. The van der Waals surface area contributed by atoms with Crippen LogP contribution in [0.25, 0.3) is 11.3 Å². The number of hydrogen-bond acceptors (Lipinski definition) is 4. The smallest absolute Gasteiger partial charge is 0.276 e. The van der Waals surface area contributed by atoms with Gasteiger partial charge in [-0.05, 0) is 42.5 Å². The van der Waals surface area contributed by atoms with Crippen molar-refractivity contribution in [1.29, 1.82) is 0 Å². The molecule has 3 N–H and O–H groups in total. The van der Waals surface area contributed by atoms with E-state index in [1.54, 1.807) is 18.5 Å². The standard InChI is InChI=1S/C23H22F2N4O/c24-17-9-5-4-8-16(17)21-18(25)12-19(26)22(29-21)23(30)28-20-13-27-11-10-15(20)14-6-2-1-3-7-14/h4-5,8-14H,1-3,6-7,26H2,(H,28,30). The highest BCUT2D eigenvalue weighted by Crippen LogP contribution is 2.36. The number of carbonyl (C=O) groups excluding carboxylic acids is 1. The third-order valence-corrected chi connectivity index (χ3v) is 5.50. The molecule has 1 amide bonds. The molecule has 0 aliphatic heterocycles. The summed E-state index contributed by atoms with van der Waals surface area (Å²) in [6.45, 7) is 0. The van der Waals surface area contributed by atoms with Crippen LogP contribution >= 0.6 is 0 Å². The van der Waals surface area contributed by atoms with Crippen LogP contribution < -0.4 is 11.1 Å². The molecule has 7 heteroatoms. The van der Waals surface area contributed by atoms with Gasteiger partial charge in [-0.25, -0.2) is 13.8 Å². The number of nitrogen functional groups attached to an aromatic ring is 1. The maximum Gasteiger partial charge on any atom is 0.276 e. The third kappa shape index (κ3) is 4.01. The van der Waals surface area contributed by atoms with Gasteiger partial charge in [-0.2, -0.15) is 0 Å². The van der Waals surface area contributed by atoms with E-state index in [4.69, 9.17) is 5.73 Å². The molecule has 0 saturated heterocycles. The van der Waals surface area contributed by atoms with Crippen LogP contribution in [0.1, 0.15) is 54.1 Å². The van der Waals surface area contributed by atoms with Gasteiger partial charge in [-0.3, -0.25) is 9.78 Å². The van der Waals surface area contributed by atoms with Crippen molar-refractivity contribution in [2.45, 2.75) is 38.0 Å². The van der Waals surface area contributed by atoms with Gasteiger partial charge in [0.2, 0.25) is 0 Å². The average Bonchev–Trinajstić information content (AvgIpc) is 2.75. The monoisotopic (exact) mass is 408 g/mol. The number of nitrogens with one attached hydrogen (secondary N) is 1. The molecule has 1 saturated carbocycles. The summed E-state index contributed by atoms with van der Waals surface area (Å²) in [6.07, 6.45) is 8.94. The number of nitrogens with zero attached hydrogens (tertiary/aromatic N) is 2. The van der Waals surface area contributed by atoms with Gasteiger partial charge in [0.15, 0.2) is 11.5 Å². The lowest BCUT2D eigenvalue weighted by Crippen LogP contribution is -2.19. The summed E-state index contributed by atoms with van der Waals surface area (Å²) in [5.74, 6) is -1.66. The van der Waals surface area contributed by atoms with Gasteiger partial charge in [0, 0.05) is 17.8 Å². The number of benzene rings is 1. The summed E-state index contributed by atoms with van der Waals surface area (Å²) in [5.41, 5.74) is 6.91. The minimum absolute atomic E-state index is 0.0340. The molecule has 4 rings (SSSR count). The molecule has 0 atom stereocenters. The first-order chi connectivity index (χ1) is 14.5. The minimum atomic E-state index is -0.793. The van der Waals surface area contributed by atoms with Gasteiger partial charge in [0.25, 0.3) is 5.91 Å². The van der Waals surface area contributed by atoms with E-state index in [2.05, 4.69) is 15.3 Å². The van der Waals surface area contributed by atoms with Crippen LogP contribution in [0, 0.1) is 11.6 Å². The molecule has 154 valence electrons. The number of aromatic nitrogens is 2. The lowest BCUT2D eigenvalue weighted by Gasteiger charge is -2.24. The van der Waals surface area contributed by atoms with E-state index >= 15 is 0 Å². The summed E-state index contributed by atoms with van der Waals surface area (Å²) >= 11 is 0. The lowest BCUT2D eigenvalue weighted by atomic mass is 9.84. The van der Waals surface area contributed by atoms with Gasteiger partial charge < -0.3 is 11.1 Å². The molecule has 0 bridgehead atoms. The van der Waals surface area contributed by atoms with E-state index in [0.29, 0.717) is 11.6 Å². The van der Waals surface area contributed by atoms with E-state index in [1.807, 2.05) is 6.07 Å². The fourth-order valence-electron chi connectivity index (χ4n) is 3.99. The highest BCUT2D eigenvalue weighted by atomic mass is 19.1. The summed E-state index contributed by atoms with van der Waals surface area (Å²) < 4.78 is 28.6. The average molecular weight is 408 g/mol. The van der Waals surface area contributed by atoms with Crippen molar-refractivity contribution in [3.63, 3.8) is 0 Å². The summed E-state index contributed by atoms with van der Waals surface area (Å²) in [4.78, 5) is 21.1. The first-order valence-electron chi connectivity index (χ1n) is 10.0. The molecule has 5 nitrogen and oxygen atoms in total. The first kappa shape index (κ1) is 19.9. The number of halogens is 2. The van der Waals surface area contributed by atoms with Crippen LogP contribution in [0.3, 0.4) is 0 Å². The minimum Gasteiger partial charge on any atom is -0.397 e. The fraction of sp³-hybridized carbons (Fsp3) is 0.261. The molecule has 0 spiro atoms. The van der Waals surface area contributed by atoms with Crippen molar-refractivity contribution < 1.29 is 13.6 Å². The Bertz CT molecular complexity index is 1080. The molecule has 0 radical (unpaired) electrons. The Labute approximate surface area is 173 Å². The first-order valence-corrected chi connectivity index (χ1v) is 10.0. The van der Waals surface area contributed by atoms with Crippen LogP contribution in [0.15, 0.2) is 48.8 Å². The second kappa shape index (κ2) is 8.57. The molecule has 3 aromatic rings. The van der Waals surface area contributed by atoms with Crippen molar-refractivity contribution in [1.82, 2.24) is 9.97 Å². The Balaban J connectivity index is 1.67. The lowest BCUT2D eigenvalue weighted by molar-refractivity contribution is 0.102. The highest BCUT2D eigenvalue weighted by Gasteiger charge is 2.22. The summed E-state index contributed by atoms with van der Waals surface area (Å²) in [5, 5.41) is 2.82. The Kier molecular flexibility index (Phi) is 5.70. The van der Waals surface area contributed by atoms with E-state index in [0.717, 1.165) is 37.3 Å². The molecule has 30 heavy (non-hydrogen) atoms. The number of hydrogen-bond donors (Lipinski definition) is 2. The second-order valence-electron chi connectivity index (χ2n) is 7.49. The Morgan fingerprint density at radius 3 is 2.60 bits per heavy atom. The largest absolute Gasteiger partial charge is 0.397 e. The number of nitrogens with two attached hydrogens (primary N) is 1. The normalized spacial score (nSPS) is 14.5. The third-order valence-electron chi connectivity index (χ3n) is 5.50. The maximum atomic E-state index is 14.4. The molecule has 1 aliphatic rings. The van der Waals surface area contributed by atoms with Crippen molar-refractivity contribution in [3.05, 3.63) is 71.7 Å². The molecule has 1 aliphatic carbocycles. The van der Waals surface area contributed by atoms with E-state index in [1.165, 1.54) is 24.6 Å². The molecule has 1 fully saturated rings. The maximum absolute atomic E-state index is 14.4. The van der Waals surface area contributed by atoms with Crippen molar-refractivity contribution in [2.24, 2.45) is 0 Å². The van der Waals surface area contributed by atoms with Gasteiger partial charge in [-0.1, -0.05) is 31.4 Å². The molecule has 1 aromatic carbocycles. The van der Waals surface area contributed by atoms with Gasteiger partial charge in [-0.15, -0.1) is 0 Å². The van der Waals surface area contributed by atoms with Crippen LogP contribution in [0.5, 0.6) is 0 Å². The zero-order valence-corrected chi connectivity index (χ0v) is 16.4. The van der Waals surface area contributed by atoms with Crippen LogP contribution in [0.2, 0.25) is 0 Å². The Morgan fingerprint density at radius 2 is 1.83 bits per heavy atom. The van der Waals surface area contributed by atoms with Crippen LogP contribution in [-0.2, 0) is 0 Å². The van der Waals surface area contributed by atoms with Crippen molar-refractivity contribution >= 4 is 17.3 Å². The fourth-order valence-corrected chi connectivity index (χ4v) is 3.99. The second-order valence-corrected chi connectivity index (χ2v) is 7.49. The number of anilines is 2. The number of amides is 1. The molecular formula is C23H22F2N4O. The number of rotatable bonds is 4. The molecule has 2 aromatic heterocycles. The predicted molar refractivity (Wildman–Crippen MR) is 112 cm³/mol. The zero-order chi connectivity index (χ0) is 21.1. The van der Waals surface area contributed by atoms with E-state index in [-0.39, 0.29) is 22.6 Å². The van der Waals surface area contributed by atoms with E-state index < -0.39 is 17.5 Å². The van der Waals surface area contributed by atoms with Crippen molar-refractivity contribution in [2.75, 3.05) is 11.1 Å². The Hall–Kier alpha value is -3.35. The highest BCUT2D eigenvalue weighted by molar-refractivity contribution is 6.06.